The summed E-state index contributed by atoms with van der Waals surface area (Å²) in [6, 6.07) is 8.96. The molecule has 1 aliphatic carbocycles. The molecule has 0 heterocycles. The van der Waals surface area contributed by atoms with E-state index < -0.39 is 0 Å². The smallest absolute Gasteiger partial charge is 0.0917 e. The van der Waals surface area contributed by atoms with Crippen LogP contribution in [0, 0.1) is 12.8 Å². The maximum absolute atomic E-state index is 10.5. The van der Waals surface area contributed by atoms with Gasteiger partial charge in [0.2, 0.25) is 0 Å². The molecule has 1 unspecified atom stereocenters. The van der Waals surface area contributed by atoms with E-state index in [4.69, 9.17) is 0 Å². The summed E-state index contributed by atoms with van der Waals surface area (Å²) < 4.78 is 0. The molecular formula is C18H29NO. The third kappa shape index (κ3) is 4.32. The van der Waals surface area contributed by atoms with Gasteiger partial charge in [0, 0.05) is 19.1 Å². The minimum atomic E-state index is -0.366. The fraction of sp³-hybridized carbons (Fsp3) is 0.667. The summed E-state index contributed by atoms with van der Waals surface area (Å²) in [5, 5.41) is 10.5. The van der Waals surface area contributed by atoms with E-state index in [1.165, 1.54) is 31.2 Å². The molecule has 0 spiro atoms. The molecule has 1 aromatic rings. The lowest BCUT2D eigenvalue weighted by Crippen LogP contribution is -2.39. The first-order valence-electron chi connectivity index (χ1n) is 8.05. The fourth-order valence-corrected chi connectivity index (χ4v) is 3.23. The Hall–Kier alpha value is -0.860. The molecule has 112 valence electrons. The Balaban J connectivity index is 2.00. The zero-order chi connectivity index (χ0) is 14.5. The molecule has 2 nitrogen and oxygen atoms in total. The summed E-state index contributed by atoms with van der Waals surface area (Å²) >= 11 is 0. The Labute approximate surface area is 123 Å². The van der Waals surface area contributed by atoms with Crippen LogP contribution in [-0.4, -0.2) is 29.1 Å². The highest BCUT2D eigenvalue weighted by molar-refractivity contribution is 5.23. The average molecular weight is 275 g/mol. The van der Waals surface area contributed by atoms with Crippen LogP contribution in [0.3, 0.4) is 0 Å². The van der Waals surface area contributed by atoms with Crippen molar-refractivity contribution in [3.8, 4) is 0 Å². The second-order valence-electron chi connectivity index (χ2n) is 6.71. The van der Waals surface area contributed by atoms with E-state index in [9.17, 15) is 5.11 Å². The molecular weight excluding hydrogens is 246 g/mol. The van der Waals surface area contributed by atoms with Gasteiger partial charge in [0.05, 0.1) is 6.10 Å². The van der Waals surface area contributed by atoms with Crippen LogP contribution in [0.5, 0.6) is 0 Å². The summed E-state index contributed by atoms with van der Waals surface area (Å²) in [4.78, 5) is 2.52. The number of rotatable bonds is 6. The molecule has 0 bridgehead atoms. The highest BCUT2D eigenvalue weighted by atomic mass is 16.3. The zero-order valence-electron chi connectivity index (χ0n) is 13.2. The van der Waals surface area contributed by atoms with E-state index >= 15 is 0 Å². The monoisotopic (exact) mass is 275 g/mol. The van der Waals surface area contributed by atoms with E-state index in [2.05, 4.69) is 49.9 Å². The Morgan fingerprint density at radius 3 is 2.25 bits per heavy atom. The molecule has 0 aliphatic heterocycles. The van der Waals surface area contributed by atoms with Crippen molar-refractivity contribution in [2.45, 2.75) is 58.6 Å². The number of aryl methyl sites for hydroxylation is 1. The molecule has 1 fully saturated rings. The second-order valence-corrected chi connectivity index (χ2v) is 6.71. The van der Waals surface area contributed by atoms with Gasteiger partial charge in [0.25, 0.3) is 0 Å². The third-order valence-corrected chi connectivity index (χ3v) is 4.31. The van der Waals surface area contributed by atoms with Gasteiger partial charge >= 0.3 is 0 Å². The molecule has 0 saturated heterocycles. The quantitative estimate of drug-likeness (QED) is 0.850. The van der Waals surface area contributed by atoms with Gasteiger partial charge in [-0.05, 0) is 31.2 Å². The minimum Gasteiger partial charge on any atom is -0.387 e. The fourth-order valence-electron chi connectivity index (χ4n) is 3.23. The van der Waals surface area contributed by atoms with Gasteiger partial charge in [-0.2, -0.15) is 0 Å². The van der Waals surface area contributed by atoms with Crippen LogP contribution < -0.4 is 0 Å². The minimum absolute atomic E-state index is 0.366. The van der Waals surface area contributed by atoms with Crippen molar-refractivity contribution in [2.75, 3.05) is 13.1 Å². The molecule has 1 N–H and O–H groups in total. The number of hydrogen-bond donors (Lipinski definition) is 1. The Kier molecular flexibility index (Phi) is 5.62. The second kappa shape index (κ2) is 7.24. The van der Waals surface area contributed by atoms with Gasteiger partial charge in [-0.15, -0.1) is 0 Å². The summed E-state index contributed by atoms with van der Waals surface area (Å²) in [5.41, 5.74) is 2.29. The van der Waals surface area contributed by atoms with E-state index in [-0.39, 0.29) is 6.10 Å². The topological polar surface area (TPSA) is 23.5 Å². The van der Waals surface area contributed by atoms with E-state index in [0.717, 1.165) is 18.7 Å². The van der Waals surface area contributed by atoms with Gasteiger partial charge in [-0.25, -0.2) is 0 Å². The number of benzene rings is 1. The molecule has 1 aliphatic rings. The van der Waals surface area contributed by atoms with E-state index in [0.29, 0.717) is 12.0 Å². The summed E-state index contributed by atoms with van der Waals surface area (Å²) in [6.07, 6.45) is 4.93. The molecule has 1 saturated carbocycles. The Morgan fingerprint density at radius 2 is 1.70 bits per heavy atom. The molecule has 20 heavy (non-hydrogen) atoms. The number of hydrogen-bond acceptors (Lipinski definition) is 2. The van der Waals surface area contributed by atoms with Crippen LogP contribution >= 0.6 is 0 Å². The number of aliphatic hydroxyl groups is 1. The normalized spacial score (nSPS) is 18.1. The van der Waals surface area contributed by atoms with Crippen LogP contribution in [0.15, 0.2) is 24.3 Å². The van der Waals surface area contributed by atoms with Crippen LogP contribution in [0.4, 0.5) is 0 Å². The first-order valence-corrected chi connectivity index (χ1v) is 8.05. The lowest BCUT2D eigenvalue weighted by atomic mass is 10.0. The van der Waals surface area contributed by atoms with Gasteiger partial charge in [-0.1, -0.05) is 56.5 Å². The largest absolute Gasteiger partial charge is 0.387 e. The van der Waals surface area contributed by atoms with Gasteiger partial charge < -0.3 is 5.11 Å². The molecule has 2 heteroatoms. The maximum atomic E-state index is 10.5. The molecule has 0 amide bonds. The number of nitrogens with zero attached hydrogens (tertiary/aromatic N) is 1. The first kappa shape index (κ1) is 15.5. The molecule has 1 atom stereocenters. The molecule has 0 radical (unpaired) electrons. The van der Waals surface area contributed by atoms with Crippen molar-refractivity contribution in [2.24, 2.45) is 5.92 Å². The standard InChI is InChI=1S/C18H29NO/c1-14(2)12-19(17-6-4-5-7-17)13-18(20)16-10-8-15(3)9-11-16/h8-11,14,17-18,20H,4-7,12-13H2,1-3H3. The third-order valence-electron chi connectivity index (χ3n) is 4.31. The van der Waals surface area contributed by atoms with Crippen molar-refractivity contribution < 1.29 is 5.11 Å². The molecule has 2 rings (SSSR count). The lowest BCUT2D eigenvalue weighted by molar-refractivity contribution is 0.0796. The Bertz CT molecular complexity index is 392. The van der Waals surface area contributed by atoms with Crippen LogP contribution in [0.2, 0.25) is 0 Å². The van der Waals surface area contributed by atoms with Crippen molar-refractivity contribution >= 4 is 0 Å². The van der Waals surface area contributed by atoms with Crippen LogP contribution in [0.25, 0.3) is 0 Å². The average Bonchev–Trinajstić information content (AvgIpc) is 2.92. The van der Waals surface area contributed by atoms with Crippen molar-refractivity contribution in [1.82, 2.24) is 4.90 Å². The van der Waals surface area contributed by atoms with E-state index in [1.54, 1.807) is 0 Å². The van der Waals surface area contributed by atoms with Crippen molar-refractivity contribution in [1.29, 1.82) is 0 Å². The Morgan fingerprint density at radius 1 is 1.10 bits per heavy atom. The van der Waals surface area contributed by atoms with Gasteiger partial charge in [-0.3, -0.25) is 4.90 Å². The van der Waals surface area contributed by atoms with Gasteiger partial charge in [0.1, 0.15) is 0 Å². The highest BCUT2D eigenvalue weighted by Crippen LogP contribution is 2.26. The lowest BCUT2D eigenvalue weighted by Gasteiger charge is -2.32. The predicted octanol–water partition coefficient (Wildman–Crippen LogP) is 3.93. The molecule has 1 aromatic carbocycles. The highest BCUT2D eigenvalue weighted by Gasteiger charge is 2.25. The van der Waals surface area contributed by atoms with Crippen molar-refractivity contribution in [3.05, 3.63) is 35.4 Å². The van der Waals surface area contributed by atoms with Gasteiger partial charge in [0.15, 0.2) is 0 Å². The van der Waals surface area contributed by atoms with Crippen LogP contribution in [-0.2, 0) is 0 Å². The zero-order valence-corrected chi connectivity index (χ0v) is 13.2. The van der Waals surface area contributed by atoms with E-state index in [1.807, 2.05) is 0 Å². The summed E-state index contributed by atoms with van der Waals surface area (Å²) in [7, 11) is 0. The number of aliphatic hydroxyl groups excluding tert-OH is 1. The maximum Gasteiger partial charge on any atom is 0.0917 e. The SMILES string of the molecule is Cc1ccc(C(O)CN(CC(C)C)C2CCCC2)cc1. The summed E-state index contributed by atoms with van der Waals surface area (Å²) in [6.45, 7) is 8.47. The predicted molar refractivity (Wildman–Crippen MR) is 84.8 cm³/mol. The summed E-state index contributed by atoms with van der Waals surface area (Å²) in [5.74, 6) is 0.654. The first-order chi connectivity index (χ1) is 9.56. The van der Waals surface area contributed by atoms with Crippen molar-refractivity contribution in [3.63, 3.8) is 0 Å². The van der Waals surface area contributed by atoms with Crippen LogP contribution in [0.1, 0.15) is 56.8 Å². The molecule has 0 aromatic heterocycles.